The third kappa shape index (κ3) is 5.02. The lowest BCUT2D eigenvalue weighted by molar-refractivity contribution is 0.499. The van der Waals surface area contributed by atoms with Gasteiger partial charge in [0, 0.05) is 6.04 Å². The molecule has 21 heavy (non-hydrogen) atoms. The number of benzene rings is 2. The molecule has 0 aromatic heterocycles. The van der Waals surface area contributed by atoms with Crippen LogP contribution < -0.4 is 5.32 Å². The average Bonchev–Trinajstić information content (AvgIpc) is 2.49. The van der Waals surface area contributed by atoms with Crippen LogP contribution in [-0.2, 0) is 6.42 Å². The maximum atomic E-state index is 3.69. The number of aryl methyl sites for hydroxylation is 3. The monoisotopic (exact) mass is 281 g/mol. The lowest BCUT2D eigenvalue weighted by atomic mass is 9.97. The number of hydrogen-bond donors (Lipinski definition) is 1. The molecule has 1 unspecified atom stereocenters. The lowest BCUT2D eigenvalue weighted by Gasteiger charge is -2.19. The highest BCUT2D eigenvalue weighted by Gasteiger charge is 2.10. The fourth-order valence-corrected chi connectivity index (χ4v) is 2.68. The predicted octanol–water partition coefficient (Wildman–Crippen LogP) is 4.98. The van der Waals surface area contributed by atoms with Crippen LogP contribution in [0.1, 0.15) is 48.1 Å². The zero-order chi connectivity index (χ0) is 15.1. The van der Waals surface area contributed by atoms with Gasteiger partial charge in [-0.15, -0.1) is 0 Å². The van der Waals surface area contributed by atoms with Crippen LogP contribution in [0, 0.1) is 13.8 Å². The van der Waals surface area contributed by atoms with Crippen molar-refractivity contribution in [2.75, 3.05) is 6.54 Å². The van der Waals surface area contributed by atoms with Crippen molar-refractivity contribution in [3.8, 4) is 0 Å². The molecule has 0 aliphatic rings. The molecule has 0 fully saturated rings. The van der Waals surface area contributed by atoms with Crippen LogP contribution in [0.15, 0.2) is 48.5 Å². The largest absolute Gasteiger partial charge is 0.310 e. The van der Waals surface area contributed by atoms with E-state index in [2.05, 4.69) is 74.6 Å². The smallest absolute Gasteiger partial charge is 0.0323 e. The maximum Gasteiger partial charge on any atom is 0.0323 e. The third-order valence-corrected chi connectivity index (χ3v) is 3.92. The predicted molar refractivity (Wildman–Crippen MR) is 91.7 cm³/mol. The summed E-state index contributed by atoms with van der Waals surface area (Å²) in [4.78, 5) is 0. The molecule has 2 aromatic carbocycles. The van der Waals surface area contributed by atoms with Crippen LogP contribution >= 0.6 is 0 Å². The lowest BCUT2D eigenvalue weighted by Crippen LogP contribution is -2.22. The van der Waals surface area contributed by atoms with E-state index in [1.54, 1.807) is 0 Å². The topological polar surface area (TPSA) is 12.0 Å². The van der Waals surface area contributed by atoms with Gasteiger partial charge in [0.05, 0.1) is 0 Å². The first-order valence-corrected chi connectivity index (χ1v) is 8.04. The van der Waals surface area contributed by atoms with Crippen molar-refractivity contribution in [3.63, 3.8) is 0 Å². The Labute approximate surface area is 129 Å². The van der Waals surface area contributed by atoms with Gasteiger partial charge in [0.15, 0.2) is 0 Å². The molecule has 112 valence electrons. The van der Waals surface area contributed by atoms with Gasteiger partial charge in [0.1, 0.15) is 0 Å². The second kappa shape index (κ2) is 7.99. The Kier molecular flexibility index (Phi) is 6.01. The fourth-order valence-electron chi connectivity index (χ4n) is 2.68. The van der Waals surface area contributed by atoms with Crippen LogP contribution in [0.3, 0.4) is 0 Å². The molecule has 0 radical (unpaired) electrons. The van der Waals surface area contributed by atoms with Crippen LogP contribution in [0.25, 0.3) is 0 Å². The summed E-state index contributed by atoms with van der Waals surface area (Å²) in [6.07, 6.45) is 3.44. The van der Waals surface area contributed by atoms with Gasteiger partial charge < -0.3 is 5.32 Å². The molecule has 1 nitrogen and oxygen atoms in total. The fraction of sp³-hybridized carbons (Fsp3) is 0.400. The Morgan fingerprint density at radius 3 is 2.38 bits per heavy atom. The molecule has 0 heterocycles. The zero-order valence-electron chi connectivity index (χ0n) is 13.5. The molecule has 0 spiro atoms. The Bertz CT molecular complexity index is 542. The summed E-state index contributed by atoms with van der Waals surface area (Å²) in [7, 11) is 0. The molecule has 0 aliphatic carbocycles. The minimum absolute atomic E-state index is 0.450. The first-order chi connectivity index (χ1) is 10.2. The van der Waals surface area contributed by atoms with E-state index < -0.39 is 0 Å². The standard InChI is InChI=1S/C20H27N/c1-4-14-21-20(19-11-8-16(2)9-12-19)13-10-18-7-5-6-17(3)15-18/h5-9,11-12,15,20-21H,4,10,13-14H2,1-3H3. The van der Waals surface area contributed by atoms with Crippen LogP contribution in [0.5, 0.6) is 0 Å². The molecular weight excluding hydrogens is 254 g/mol. The van der Waals surface area contributed by atoms with E-state index in [4.69, 9.17) is 0 Å². The SMILES string of the molecule is CCCNC(CCc1cccc(C)c1)c1ccc(C)cc1. The van der Waals surface area contributed by atoms with E-state index in [9.17, 15) is 0 Å². The van der Waals surface area contributed by atoms with Crippen LogP contribution in [-0.4, -0.2) is 6.54 Å². The molecule has 0 bridgehead atoms. The van der Waals surface area contributed by atoms with Gasteiger partial charge in [-0.25, -0.2) is 0 Å². The molecule has 0 aliphatic heterocycles. The Hall–Kier alpha value is -1.60. The molecule has 2 rings (SSSR count). The first kappa shape index (κ1) is 15.8. The van der Waals surface area contributed by atoms with Crippen molar-refractivity contribution in [2.24, 2.45) is 0 Å². The van der Waals surface area contributed by atoms with E-state index in [1.165, 1.54) is 28.7 Å². The van der Waals surface area contributed by atoms with Gasteiger partial charge in [-0.1, -0.05) is 66.6 Å². The van der Waals surface area contributed by atoms with Crippen molar-refractivity contribution in [2.45, 2.75) is 46.1 Å². The van der Waals surface area contributed by atoms with E-state index >= 15 is 0 Å². The quantitative estimate of drug-likeness (QED) is 0.755. The number of rotatable bonds is 7. The third-order valence-electron chi connectivity index (χ3n) is 3.92. The van der Waals surface area contributed by atoms with Gasteiger partial charge in [-0.05, 0) is 50.8 Å². The van der Waals surface area contributed by atoms with E-state index in [-0.39, 0.29) is 0 Å². The summed E-state index contributed by atoms with van der Waals surface area (Å²) in [5.74, 6) is 0. The normalized spacial score (nSPS) is 12.3. The highest BCUT2D eigenvalue weighted by atomic mass is 14.9. The summed E-state index contributed by atoms with van der Waals surface area (Å²) >= 11 is 0. The highest BCUT2D eigenvalue weighted by molar-refractivity contribution is 5.26. The summed E-state index contributed by atoms with van der Waals surface area (Å²) in [6, 6.07) is 18.3. The van der Waals surface area contributed by atoms with Crippen LogP contribution in [0.2, 0.25) is 0 Å². The Balaban J connectivity index is 2.04. The zero-order valence-corrected chi connectivity index (χ0v) is 13.5. The van der Waals surface area contributed by atoms with Crippen molar-refractivity contribution in [1.82, 2.24) is 5.32 Å². The molecule has 2 aromatic rings. The second-order valence-electron chi connectivity index (χ2n) is 5.95. The van der Waals surface area contributed by atoms with Gasteiger partial charge in [0.2, 0.25) is 0 Å². The van der Waals surface area contributed by atoms with Crippen molar-refractivity contribution in [3.05, 3.63) is 70.8 Å². The molecule has 1 N–H and O–H groups in total. The number of hydrogen-bond acceptors (Lipinski definition) is 1. The Morgan fingerprint density at radius 1 is 0.952 bits per heavy atom. The van der Waals surface area contributed by atoms with Crippen molar-refractivity contribution >= 4 is 0 Å². The van der Waals surface area contributed by atoms with E-state index in [0.717, 1.165) is 19.4 Å². The van der Waals surface area contributed by atoms with Gasteiger partial charge in [-0.3, -0.25) is 0 Å². The van der Waals surface area contributed by atoms with Gasteiger partial charge in [0.25, 0.3) is 0 Å². The summed E-state index contributed by atoms with van der Waals surface area (Å²) in [5, 5.41) is 3.69. The first-order valence-electron chi connectivity index (χ1n) is 8.04. The second-order valence-corrected chi connectivity index (χ2v) is 5.95. The van der Waals surface area contributed by atoms with E-state index in [1.807, 2.05) is 0 Å². The molecular formula is C20H27N. The molecule has 0 saturated carbocycles. The summed E-state index contributed by atoms with van der Waals surface area (Å²) < 4.78 is 0. The van der Waals surface area contributed by atoms with E-state index in [0.29, 0.717) is 6.04 Å². The van der Waals surface area contributed by atoms with Crippen molar-refractivity contribution < 1.29 is 0 Å². The molecule has 1 heteroatoms. The summed E-state index contributed by atoms with van der Waals surface area (Å²) in [6.45, 7) is 7.60. The summed E-state index contributed by atoms with van der Waals surface area (Å²) in [5.41, 5.74) is 5.51. The average molecular weight is 281 g/mol. The maximum absolute atomic E-state index is 3.69. The molecule has 0 saturated heterocycles. The molecule has 1 atom stereocenters. The van der Waals surface area contributed by atoms with Crippen LogP contribution in [0.4, 0.5) is 0 Å². The highest BCUT2D eigenvalue weighted by Crippen LogP contribution is 2.20. The Morgan fingerprint density at radius 2 is 1.71 bits per heavy atom. The van der Waals surface area contributed by atoms with Crippen molar-refractivity contribution in [1.29, 1.82) is 0 Å². The number of nitrogens with one attached hydrogen (secondary N) is 1. The molecule has 0 amide bonds. The minimum atomic E-state index is 0.450. The van der Waals surface area contributed by atoms with Gasteiger partial charge in [-0.2, -0.15) is 0 Å². The van der Waals surface area contributed by atoms with Gasteiger partial charge >= 0.3 is 0 Å². The minimum Gasteiger partial charge on any atom is -0.310 e.